The molecule has 16 atom stereocenters. The van der Waals surface area contributed by atoms with Crippen molar-refractivity contribution in [3.8, 4) is 0 Å². The predicted octanol–water partition coefficient (Wildman–Crippen LogP) is 13.7. The van der Waals surface area contributed by atoms with Crippen LogP contribution in [0.2, 0.25) is 0 Å². The maximum Gasteiger partial charge on any atom is 0.367 e. The number of amides is 1. The number of halogens is 3. The topological polar surface area (TPSA) is 257 Å². The summed E-state index contributed by atoms with van der Waals surface area (Å²) in [4.78, 5) is 33.4. The number of ether oxygens (including phenoxy) is 15. The van der Waals surface area contributed by atoms with Crippen LogP contribution in [0.1, 0.15) is 57.9 Å². The lowest BCUT2D eigenvalue weighted by Crippen LogP contribution is -2.75. The molecule has 4 aliphatic rings. The van der Waals surface area contributed by atoms with Gasteiger partial charge in [0.1, 0.15) is 61.0 Å². The highest BCUT2D eigenvalue weighted by molar-refractivity contribution is 6.76. The molecule has 4 fully saturated rings. The average molecular weight is 1510 g/mol. The molecule has 4 saturated heterocycles. The molecule has 4 aliphatic heterocycles. The van der Waals surface area contributed by atoms with Crippen LogP contribution in [0.15, 0.2) is 248 Å². The Bertz CT molecular complexity index is 4040. The van der Waals surface area contributed by atoms with Crippen LogP contribution < -0.4 is 5.32 Å². The Kier molecular flexibility index (Phi) is 28.2. The van der Waals surface area contributed by atoms with E-state index in [-0.39, 0.29) is 79.1 Å². The van der Waals surface area contributed by atoms with Crippen molar-refractivity contribution in [3.63, 3.8) is 0 Å². The minimum atomic E-state index is -2.44. The molecule has 1 spiro atoms. The zero-order valence-corrected chi connectivity index (χ0v) is 60.4. The average Bonchev–Trinajstić information content (AvgIpc) is 0.725. The van der Waals surface area contributed by atoms with Crippen molar-refractivity contribution >= 4 is 52.6 Å². The van der Waals surface area contributed by atoms with E-state index in [1.54, 1.807) is 0 Å². The minimum Gasteiger partial charge on any atom is -0.453 e. The lowest BCUT2D eigenvalue weighted by atomic mass is 9.86. The Morgan fingerprint density at radius 1 is 0.547 bits per heavy atom. The summed E-state index contributed by atoms with van der Waals surface area (Å²) in [5, 5.41) is 16.1. The number of nitrogens with one attached hydrogen (secondary N) is 2. The smallest absolute Gasteiger partial charge is 0.367 e. The molecule has 12 rings (SSSR count). The molecule has 8 aromatic carbocycles. The number of esters is 1. The molecular formula is C81H84Cl3N5O17. The van der Waals surface area contributed by atoms with Gasteiger partial charge in [0, 0.05) is 18.3 Å². The largest absolute Gasteiger partial charge is 0.453 e. The zero-order chi connectivity index (χ0) is 73.5. The van der Waals surface area contributed by atoms with Gasteiger partial charge >= 0.3 is 5.97 Å². The van der Waals surface area contributed by atoms with E-state index in [0.717, 1.165) is 38.9 Å². The van der Waals surface area contributed by atoms with Crippen LogP contribution in [0.25, 0.3) is 10.4 Å². The number of fused-ring (bicyclic) bond motifs is 1. The molecule has 0 saturated carbocycles. The summed E-state index contributed by atoms with van der Waals surface area (Å²) in [6, 6.07) is 73.2. The van der Waals surface area contributed by atoms with Gasteiger partial charge in [-0.05, 0) is 50.0 Å². The van der Waals surface area contributed by atoms with Crippen molar-refractivity contribution in [2.45, 2.75) is 168 Å². The van der Waals surface area contributed by atoms with Gasteiger partial charge in [-0.2, -0.15) is 0 Å². The quantitative estimate of drug-likeness (QED) is 0.00722. The van der Waals surface area contributed by atoms with Gasteiger partial charge < -0.3 is 76.4 Å². The van der Waals surface area contributed by atoms with Gasteiger partial charge in [-0.3, -0.25) is 10.2 Å². The summed E-state index contributed by atoms with van der Waals surface area (Å²) < 4.78 is 102. The highest BCUT2D eigenvalue weighted by Crippen LogP contribution is 2.46. The highest BCUT2D eigenvalue weighted by atomic mass is 35.6. The van der Waals surface area contributed by atoms with Crippen LogP contribution in [-0.4, -0.2) is 139 Å². The second-order valence-electron chi connectivity index (χ2n) is 26.0. The number of hydrogen-bond donors (Lipinski definition) is 2. The molecule has 1 amide bonds. The first kappa shape index (κ1) is 77.4. The standard InChI is InChI=1S/C81H84Cl3N5O17/c1-54(90)87-67-63(95-46-58-32-16-5-17-33-58)42-80(105-73(67)69(97-48-60-36-20-7-21-37-60)64(96-47-59-34-18-6-19-35-59)51-92-43-55-26-10-2-11-27-55)79(91)103-71-66(53-94-45-57-30-14-4-15-31-57)101-77(75(74(71)106-80)99-50-62-40-24-9-25-41-62)102-70-65(52-93-44-56-28-12-3-13-29-56)100-76(104-78(85)81(82,83)84)68(88-89-86)72(70)98-49-61-38-22-8-23-39-61/h2-41,63-77,85H,42-53H2,1H3,(H,87,90)/t63-,64+,65+,66+,67+,68+,69+,70+,71-,72+,73+,74-,75+,76-,77-,80-/m0/s1. The molecule has 0 radical (unpaired) electrons. The summed E-state index contributed by atoms with van der Waals surface area (Å²) in [7, 11) is 0. The summed E-state index contributed by atoms with van der Waals surface area (Å²) in [6.07, 6.45) is -17.7. The van der Waals surface area contributed by atoms with Gasteiger partial charge in [-0.1, -0.05) is 283 Å². The Morgan fingerprint density at radius 2 is 0.972 bits per heavy atom. The molecule has 0 aromatic heterocycles. The molecule has 0 unspecified atom stereocenters. The van der Waals surface area contributed by atoms with Crippen molar-refractivity contribution in [3.05, 3.63) is 298 Å². The minimum absolute atomic E-state index is 0.000922. The fraction of sp³-hybridized carbons (Fsp3) is 0.370. The number of rotatable bonds is 34. The maximum absolute atomic E-state index is 16.2. The number of carbonyl (C=O) groups is 2. The lowest BCUT2D eigenvalue weighted by molar-refractivity contribution is -0.409. The molecular weight excluding hydrogens is 1420 g/mol. The lowest BCUT2D eigenvalue weighted by Gasteiger charge is -2.56. The van der Waals surface area contributed by atoms with Crippen LogP contribution in [-0.2, 0) is 133 Å². The first-order chi connectivity index (χ1) is 51.8. The monoisotopic (exact) mass is 1500 g/mol. The molecule has 8 aromatic rings. The molecule has 106 heavy (non-hydrogen) atoms. The van der Waals surface area contributed by atoms with Crippen LogP contribution >= 0.6 is 34.8 Å². The maximum atomic E-state index is 16.2. The number of carbonyl (C=O) groups excluding carboxylic acids is 2. The zero-order valence-electron chi connectivity index (χ0n) is 58.2. The van der Waals surface area contributed by atoms with E-state index in [0.29, 0.717) is 5.56 Å². The van der Waals surface area contributed by atoms with E-state index >= 15 is 4.79 Å². The third-order valence-electron chi connectivity index (χ3n) is 18.3. The molecule has 0 bridgehead atoms. The third-order valence-corrected chi connectivity index (χ3v) is 18.8. The third kappa shape index (κ3) is 21.4. The molecule has 22 nitrogen and oxygen atoms in total. The van der Waals surface area contributed by atoms with Gasteiger partial charge in [0.25, 0.3) is 9.58 Å². The summed E-state index contributed by atoms with van der Waals surface area (Å²) >= 11 is 18.8. The number of hydrogen-bond acceptors (Lipinski definition) is 19. The molecule has 25 heteroatoms. The summed E-state index contributed by atoms with van der Waals surface area (Å²) in [5.74, 6) is -4.70. The summed E-state index contributed by atoms with van der Waals surface area (Å²) in [5.41, 5.74) is 16.9. The van der Waals surface area contributed by atoms with Gasteiger partial charge in [0.05, 0.1) is 84.8 Å². The van der Waals surface area contributed by atoms with E-state index in [1.807, 2.05) is 243 Å². The Labute approximate surface area is 630 Å². The highest BCUT2D eigenvalue weighted by Gasteiger charge is 2.66. The van der Waals surface area contributed by atoms with Crippen molar-refractivity contribution in [1.29, 1.82) is 5.41 Å². The first-order valence-electron chi connectivity index (χ1n) is 35.0. The fourth-order valence-electron chi connectivity index (χ4n) is 13.2. The van der Waals surface area contributed by atoms with Gasteiger partial charge in [0.2, 0.25) is 18.1 Å². The SMILES string of the molecule is CC(=O)N[C@H]1[C@H]([C@H](OCc2ccccc2)[C@@H](COCc2ccccc2)OCc2ccccc2)O[C@@]2(C[C@@H]1OCc1ccccc1)O[C@H]1[C@@H](OC2=O)[C@@H](COCc2ccccc2)O[C@@H](O[C@H]2[C@H](OCc3ccccc3)[C@@H](N=[N+]=[N-])[C@H](OC(=N)C(Cl)(Cl)Cl)O[C@@H]2COCc2ccccc2)[C@@H]1OCc1ccccc1. The Morgan fingerprint density at radius 3 is 1.44 bits per heavy atom. The van der Waals surface area contributed by atoms with Crippen molar-refractivity contribution in [2.75, 3.05) is 19.8 Å². The van der Waals surface area contributed by atoms with Gasteiger partial charge in [0.15, 0.2) is 12.4 Å². The molecule has 0 aliphatic carbocycles. The number of azide groups is 1. The predicted molar refractivity (Wildman–Crippen MR) is 392 cm³/mol. The fourth-order valence-corrected chi connectivity index (χ4v) is 13.3. The van der Waals surface area contributed by atoms with Crippen molar-refractivity contribution in [2.24, 2.45) is 5.11 Å². The summed E-state index contributed by atoms with van der Waals surface area (Å²) in [6.45, 7) is 1.11. The molecule has 2 N–H and O–H groups in total. The Hall–Kier alpha value is -8.17. The molecule has 556 valence electrons. The van der Waals surface area contributed by atoms with Crippen molar-refractivity contribution in [1.82, 2.24) is 5.32 Å². The second kappa shape index (κ2) is 38.6. The van der Waals surface area contributed by atoms with Crippen LogP contribution in [0.3, 0.4) is 0 Å². The number of benzene rings is 8. The molecule has 4 heterocycles. The number of alkyl halides is 3. The van der Waals surface area contributed by atoms with E-state index < -0.39 is 119 Å². The first-order valence-corrected chi connectivity index (χ1v) is 36.2. The van der Waals surface area contributed by atoms with Gasteiger partial charge in [-0.15, -0.1) is 0 Å². The van der Waals surface area contributed by atoms with Crippen LogP contribution in [0, 0.1) is 5.41 Å². The number of nitrogens with zero attached hydrogens (tertiary/aromatic N) is 3. The van der Waals surface area contributed by atoms with Gasteiger partial charge in [-0.25, -0.2) is 4.79 Å². The van der Waals surface area contributed by atoms with E-state index in [4.69, 9.17) is 111 Å². The van der Waals surface area contributed by atoms with E-state index in [1.165, 1.54) is 6.92 Å². The second-order valence-corrected chi connectivity index (χ2v) is 28.3. The normalized spacial score (nSPS) is 25.6. The van der Waals surface area contributed by atoms with Crippen LogP contribution in [0.4, 0.5) is 0 Å². The van der Waals surface area contributed by atoms with Crippen LogP contribution in [0.5, 0.6) is 0 Å². The van der Waals surface area contributed by atoms with E-state index in [9.17, 15) is 10.3 Å². The van der Waals surface area contributed by atoms with Crippen molar-refractivity contribution < 1.29 is 80.6 Å². The Balaban J connectivity index is 0.988. The van der Waals surface area contributed by atoms with E-state index in [2.05, 4.69) is 15.3 Å².